The fraction of sp³-hybridized carbons (Fsp3) is 0.692. The molecule has 0 N–H and O–H groups in total. The van der Waals surface area contributed by atoms with Gasteiger partial charge in [-0.05, 0) is 26.3 Å². The molecule has 1 aromatic rings. The lowest BCUT2D eigenvalue weighted by Crippen LogP contribution is -2.32. The maximum atomic E-state index is 12.2. The van der Waals surface area contributed by atoms with Gasteiger partial charge >= 0.3 is 0 Å². The molecule has 2 rings (SSSR count). The molecule has 0 bridgehead atoms. The molecule has 0 radical (unpaired) electrons. The van der Waals surface area contributed by atoms with Gasteiger partial charge < -0.3 is 9.64 Å². The summed E-state index contributed by atoms with van der Waals surface area (Å²) in [5, 5.41) is 4.30. The van der Waals surface area contributed by atoms with Crippen LogP contribution in [0.25, 0.3) is 0 Å². The minimum Gasteiger partial charge on any atom is -0.381 e. The quantitative estimate of drug-likeness (QED) is 0.816. The summed E-state index contributed by atoms with van der Waals surface area (Å²) in [4.78, 5) is 13.9. The second-order valence-corrected chi connectivity index (χ2v) is 5.19. The van der Waals surface area contributed by atoms with Crippen LogP contribution in [0.3, 0.4) is 0 Å². The zero-order chi connectivity index (χ0) is 13.1. The van der Waals surface area contributed by atoms with Crippen molar-refractivity contribution in [1.82, 2.24) is 14.7 Å². The van der Waals surface area contributed by atoms with Crippen LogP contribution < -0.4 is 0 Å². The molecule has 100 valence electrons. The normalized spacial score (nSPS) is 19.4. The molecule has 0 aromatic carbocycles. The third kappa shape index (κ3) is 2.90. The lowest BCUT2D eigenvalue weighted by Gasteiger charge is -2.19. The number of hydrogen-bond donors (Lipinski definition) is 0. The Hall–Kier alpha value is -1.36. The van der Waals surface area contributed by atoms with E-state index in [0.29, 0.717) is 11.6 Å². The van der Waals surface area contributed by atoms with Crippen molar-refractivity contribution in [2.24, 2.45) is 5.92 Å². The average Bonchev–Trinajstić information content (AvgIpc) is 2.98. The molecule has 1 fully saturated rings. The van der Waals surface area contributed by atoms with Crippen LogP contribution in [-0.4, -0.2) is 47.4 Å². The number of aromatic nitrogens is 2. The molecule has 0 aliphatic carbocycles. The minimum atomic E-state index is -0.0127. The molecule has 5 nitrogen and oxygen atoms in total. The highest BCUT2D eigenvalue weighted by atomic mass is 16.5. The standard InChI is InChI=1S/C13H21N3O2/c1-10(2)16-6-4-12(14-16)13(17)15(3)8-11-5-7-18-9-11/h4,6,10-11H,5,7-9H2,1-3H3/t11-/m0/s1. The van der Waals surface area contributed by atoms with E-state index in [-0.39, 0.29) is 11.9 Å². The number of carbonyl (C=O) groups is 1. The van der Waals surface area contributed by atoms with E-state index in [1.807, 2.05) is 27.1 Å². The van der Waals surface area contributed by atoms with E-state index in [4.69, 9.17) is 4.74 Å². The monoisotopic (exact) mass is 251 g/mol. The van der Waals surface area contributed by atoms with Crippen LogP contribution in [0, 0.1) is 5.92 Å². The van der Waals surface area contributed by atoms with E-state index in [1.165, 1.54) is 0 Å². The van der Waals surface area contributed by atoms with Crippen molar-refractivity contribution in [3.63, 3.8) is 0 Å². The van der Waals surface area contributed by atoms with Gasteiger partial charge in [0.05, 0.1) is 6.61 Å². The second kappa shape index (κ2) is 5.52. The largest absolute Gasteiger partial charge is 0.381 e. The van der Waals surface area contributed by atoms with Crippen molar-refractivity contribution < 1.29 is 9.53 Å². The molecule has 1 aromatic heterocycles. The molecule has 2 heterocycles. The summed E-state index contributed by atoms with van der Waals surface area (Å²) in [6, 6.07) is 2.06. The topological polar surface area (TPSA) is 47.4 Å². The summed E-state index contributed by atoms with van der Waals surface area (Å²) in [6.07, 6.45) is 2.89. The van der Waals surface area contributed by atoms with Gasteiger partial charge in [-0.3, -0.25) is 9.48 Å². The van der Waals surface area contributed by atoms with Gasteiger partial charge in [0, 0.05) is 38.4 Å². The molecule has 1 atom stereocenters. The lowest BCUT2D eigenvalue weighted by atomic mass is 10.1. The summed E-state index contributed by atoms with van der Waals surface area (Å²) in [5.74, 6) is 0.451. The van der Waals surface area contributed by atoms with Crippen molar-refractivity contribution in [3.05, 3.63) is 18.0 Å². The van der Waals surface area contributed by atoms with Crippen molar-refractivity contribution >= 4 is 5.91 Å². The van der Waals surface area contributed by atoms with Crippen molar-refractivity contribution in [2.75, 3.05) is 26.8 Å². The van der Waals surface area contributed by atoms with E-state index in [9.17, 15) is 4.79 Å². The Kier molecular flexibility index (Phi) is 4.01. The van der Waals surface area contributed by atoms with Gasteiger partial charge in [0.25, 0.3) is 5.91 Å². The molecule has 0 saturated carbocycles. The van der Waals surface area contributed by atoms with Crippen molar-refractivity contribution in [2.45, 2.75) is 26.3 Å². The number of carbonyl (C=O) groups excluding carboxylic acids is 1. The van der Waals surface area contributed by atoms with Crippen LogP contribution in [0.1, 0.15) is 36.8 Å². The average molecular weight is 251 g/mol. The van der Waals surface area contributed by atoms with Crippen LogP contribution in [-0.2, 0) is 4.74 Å². The Morgan fingerprint density at radius 3 is 3.00 bits per heavy atom. The predicted octanol–water partition coefficient (Wildman–Crippen LogP) is 1.57. The molecule has 1 amide bonds. The van der Waals surface area contributed by atoms with Crippen LogP contribution in [0.2, 0.25) is 0 Å². The number of rotatable bonds is 4. The number of amides is 1. The zero-order valence-corrected chi connectivity index (χ0v) is 11.3. The smallest absolute Gasteiger partial charge is 0.274 e. The molecule has 0 unspecified atom stereocenters. The van der Waals surface area contributed by atoms with E-state index >= 15 is 0 Å². The van der Waals surface area contributed by atoms with E-state index < -0.39 is 0 Å². The van der Waals surface area contributed by atoms with Crippen LogP contribution >= 0.6 is 0 Å². The summed E-state index contributed by atoms with van der Waals surface area (Å²) >= 11 is 0. The van der Waals surface area contributed by atoms with Gasteiger partial charge in [-0.25, -0.2) is 0 Å². The molecule has 1 saturated heterocycles. The maximum Gasteiger partial charge on any atom is 0.274 e. The Morgan fingerprint density at radius 1 is 1.67 bits per heavy atom. The molecular formula is C13H21N3O2. The Morgan fingerprint density at radius 2 is 2.44 bits per heavy atom. The maximum absolute atomic E-state index is 12.2. The summed E-state index contributed by atoms with van der Waals surface area (Å²) in [6.45, 7) is 6.40. The molecule has 0 spiro atoms. The lowest BCUT2D eigenvalue weighted by molar-refractivity contribution is 0.0759. The SMILES string of the molecule is CC(C)n1ccc(C(=O)N(C)C[C@@H]2CCOC2)n1. The van der Waals surface area contributed by atoms with Crippen LogP contribution in [0.15, 0.2) is 12.3 Å². The van der Waals surface area contributed by atoms with Gasteiger partial charge in [-0.2, -0.15) is 5.10 Å². The summed E-state index contributed by atoms with van der Waals surface area (Å²) < 4.78 is 7.13. The molecular weight excluding hydrogens is 230 g/mol. The third-order valence-corrected chi connectivity index (χ3v) is 3.26. The van der Waals surface area contributed by atoms with Gasteiger partial charge in [0.1, 0.15) is 5.69 Å². The molecule has 1 aliphatic rings. The number of hydrogen-bond acceptors (Lipinski definition) is 3. The Bertz CT molecular complexity index is 408. The Labute approximate surface area is 108 Å². The number of ether oxygens (including phenoxy) is 1. The molecule has 1 aliphatic heterocycles. The predicted molar refractivity (Wildman–Crippen MR) is 68.5 cm³/mol. The molecule has 18 heavy (non-hydrogen) atoms. The van der Waals surface area contributed by atoms with E-state index in [2.05, 4.69) is 5.10 Å². The zero-order valence-electron chi connectivity index (χ0n) is 11.3. The van der Waals surface area contributed by atoms with E-state index in [1.54, 1.807) is 15.6 Å². The van der Waals surface area contributed by atoms with Gasteiger partial charge in [0.2, 0.25) is 0 Å². The van der Waals surface area contributed by atoms with Gasteiger partial charge in [-0.1, -0.05) is 0 Å². The fourth-order valence-corrected chi connectivity index (χ4v) is 2.13. The Balaban J connectivity index is 1.96. The van der Waals surface area contributed by atoms with Crippen LogP contribution in [0.5, 0.6) is 0 Å². The highest BCUT2D eigenvalue weighted by molar-refractivity contribution is 5.92. The first kappa shape index (κ1) is 13.1. The highest BCUT2D eigenvalue weighted by Crippen LogP contribution is 2.14. The first-order valence-electron chi connectivity index (χ1n) is 6.46. The summed E-state index contributed by atoms with van der Waals surface area (Å²) in [7, 11) is 1.83. The first-order valence-corrected chi connectivity index (χ1v) is 6.46. The summed E-state index contributed by atoms with van der Waals surface area (Å²) in [5.41, 5.74) is 0.519. The second-order valence-electron chi connectivity index (χ2n) is 5.19. The van der Waals surface area contributed by atoms with Crippen LogP contribution in [0.4, 0.5) is 0 Å². The van der Waals surface area contributed by atoms with E-state index in [0.717, 1.165) is 26.2 Å². The first-order chi connectivity index (χ1) is 8.58. The minimum absolute atomic E-state index is 0.0127. The highest BCUT2D eigenvalue weighted by Gasteiger charge is 2.22. The number of nitrogens with zero attached hydrogens (tertiary/aromatic N) is 3. The van der Waals surface area contributed by atoms with Gasteiger partial charge in [0.15, 0.2) is 0 Å². The third-order valence-electron chi connectivity index (χ3n) is 3.26. The molecule has 5 heteroatoms. The van der Waals surface area contributed by atoms with Gasteiger partial charge in [-0.15, -0.1) is 0 Å². The van der Waals surface area contributed by atoms with Crippen molar-refractivity contribution in [1.29, 1.82) is 0 Å². The van der Waals surface area contributed by atoms with Crippen molar-refractivity contribution in [3.8, 4) is 0 Å². The fourth-order valence-electron chi connectivity index (χ4n) is 2.13.